The second-order valence-electron chi connectivity index (χ2n) is 5.64. The highest BCUT2D eigenvalue weighted by atomic mass is 32.2. The monoisotopic (exact) mass is 331 g/mol. The number of rotatable bonds is 3. The first-order valence-corrected chi connectivity index (χ1v) is 8.80. The Morgan fingerprint density at radius 3 is 2.65 bits per heavy atom. The van der Waals surface area contributed by atoms with E-state index in [2.05, 4.69) is 10.2 Å². The standard InChI is InChI=1S/C15H17N5O2S/c1-19-11-17-18-15(19)13-3-2-8-20(10-13)23(21,22)14-6-4-12(9-16)5-7-14/h4-7,11,13H,2-3,8,10H2,1H3/t13-/m0/s1. The molecule has 0 aliphatic carbocycles. The molecule has 120 valence electrons. The van der Waals surface area contributed by atoms with Crippen molar-refractivity contribution >= 4 is 10.0 Å². The lowest BCUT2D eigenvalue weighted by Gasteiger charge is -2.31. The van der Waals surface area contributed by atoms with Crippen molar-refractivity contribution in [2.24, 2.45) is 7.05 Å². The van der Waals surface area contributed by atoms with Crippen LogP contribution in [0.1, 0.15) is 30.1 Å². The largest absolute Gasteiger partial charge is 0.320 e. The van der Waals surface area contributed by atoms with Gasteiger partial charge in [-0.05, 0) is 37.1 Å². The first kappa shape index (κ1) is 15.6. The third-order valence-electron chi connectivity index (χ3n) is 4.12. The van der Waals surface area contributed by atoms with Gasteiger partial charge in [0, 0.05) is 26.1 Å². The molecule has 1 fully saturated rings. The van der Waals surface area contributed by atoms with Gasteiger partial charge in [-0.15, -0.1) is 10.2 Å². The first-order chi connectivity index (χ1) is 11.0. The van der Waals surface area contributed by atoms with Crippen LogP contribution < -0.4 is 0 Å². The predicted octanol–water partition coefficient (Wildman–Crippen LogP) is 1.26. The van der Waals surface area contributed by atoms with Gasteiger partial charge in [0.2, 0.25) is 10.0 Å². The second-order valence-corrected chi connectivity index (χ2v) is 7.58. The highest BCUT2D eigenvalue weighted by Gasteiger charge is 2.32. The summed E-state index contributed by atoms with van der Waals surface area (Å²) in [5, 5.41) is 16.8. The van der Waals surface area contributed by atoms with Gasteiger partial charge in [-0.1, -0.05) is 0 Å². The molecule has 0 amide bonds. The lowest BCUT2D eigenvalue weighted by atomic mass is 9.99. The van der Waals surface area contributed by atoms with E-state index in [1.165, 1.54) is 28.6 Å². The van der Waals surface area contributed by atoms with E-state index < -0.39 is 10.0 Å². The zero-order valence-corrected chi connectivity index (χ0v) is 13.6. The number of benzene rings is 1. The van der Waals surface area contributed by atoms with Gasteiger partial charge in [-0.3, -0.25) is 0 Å². The molecule has 3 rings (SSSR count). The molecule has 1 aromatic carbocycles. The lowest BCUT2D eigenvalue weighted by Crippen LogP contribution is -2.39. The van der Waals surface area contributed by atoms with Gasteiger partial charge in [0.1, 0.15) is 12.2 Å². The van der Waals surface area contributed by atoms with Gasteiger partial charge < -0.3 is 4.57 Å². The molecule has 0 bridgehead atoms. The molecule has 0 N–H and O–H groups in total. The molecule has 0 spiro atoms. The molecular weight excluding hydrogens is 314 g/mol. The summed E-state index contributed by atoms with van der Waals surface area (Å²) in [4.78, 5) is 0.218. The van der Waals surface area contributed by atoms with Crippen LogP contribution in [0.3, 0.4) is 0 Å². The molecule has 7 nitrogen and oxygen atoms in total. The van der Waals surface area contributed by atoms with Crippen LogP contribution in [0.4, 0.5) is 0 Å². The number of sulfonamides is 1. The average Bonchev–Trinajstić information content (AvgIpc) is 3.01. The van der Waals surface area contributed by atoms with Crippen LogP contribution in [-0.4, -0.2) is 40.6 Å². The third kappa shape index (κ3) is 2.98. The highest BCUT2D eigenvalue weighted by Crippen LogP contribution is 2.29. The molecule has 1 saturated heterocycles. The van der Waals surface area contributed by atoms with Crippen LogP contribution in [-0.2, 0) is 17.1 Å². The fraction of sp³-hybridized carbons (Fsp3) is 0.400. The summed E-state index contributed by atoms with van der Waals surface area (Å²) >= 11 is 0. The highest BCUT2D eigenvalue weighted by molar-refractivity contribution is 7.89. The maximum atomic E-state index is 12.8. The number of hydrogen-bond acceptors (Lipinski definition) is 5. The van der Waals surface area contributed by atoms with E-state index in [1.807, 2.05) is 17.7 Å². The summed E-state index contributed by atoms with van der Waals surface area (Å²) in [7, 11) is -1.69. The zero-order chi connectivity index (χ0) is 16.4. The molecule has 1 aromatic heterocycles. The number of aryl methyl sites for hydroxylation is 1. The first-order valence-electron chi connectivity index (χ1n) is 7.36. The van der Waals surface area contributed by atoms with Crippen LogP contribution in [0.2, 0.25) is 0 Å². The lowest BCUT2D eigenvalue weighted by molar-refractivity contribution is 0.306. The number of hydrogen-bond donors (Lipinski definition) is 0. The molecule has 1 aliphatic heterocycles. The van der Waals surface area contributed by atoms with Crippen molar-refractivity contribution in [2.45, 2.75) is 23.7 Å². The van der Waals surface area contributed by atoms with E-state index in [-0.39, 0.29) is 10.8 Å². The average molecular weight is 331 g/mol. The summed E-state index contributed by atoms with van der Waals surface area (Å²) in [6, 6.07) is 8.01. The Labute approximate surface area is 135 Å². The maximum absolute atomic E-state index is 12.8. The van der Waals surface area contributed by atoms with Gasteiger partial charge in [-0.25, -0.2) is 8.42 Å². The van der Waals surface area contributed by atoms with Gasteiger partial charge in [-0.2, -0.15) is 9.57 Å². The van der Waals surface area contributed by atoms with E-state index in [0.717, 1.165) is 18.7 Å². The van der Waals surface area contributed by atoms with Crippen molar-refractivity contribution in [3.63, 3.8) is 0 Å². The molecule has 0 unspecified atom stereocenters. The minimum absolute atomic E-state index is 0.0457. The number of nitriles is 1. The Morgan fingerprint density at radius 1 is 1.30 bits per heavy atom. The predicted molar refractivity (Wildman–Crippen MR) is 82.9 cm³/mol. The second kappa shape index (κ2) is 6.10. The quantitative estimate of drug-likeness (QED) is 0.844. The Kier molecular flexibility index (Phi) is 4.15. The molecular formula is C15H17N5O2S. The van der Waals surface area contributed by atoms with E-state index in [9.17, 15) is 8.42 Å². The van der Waals surface area contributed by atoms with E-state index in [0.29, 0.717) is 18.7 Å². The molecule has 8 heteroatoms. The summed E-state index contributed by atoms with van der Waals surface area (Å²) in [6.45, 7) is 0.894. The topological polar surface area (TPSA) is 91.9 Å². The third-order valence-corrected chi connectivity index (χ3v) is 6.00. The summed E-state index contributed by atoms with van der Waals surface area (Å²) in [5.41, 5.74) is 0.444. The summed E-state index contributed by atoms with van der Waals surface area (Å²) in [6.07, 6.45) is 3.31. The number of aromatic nitrogens is 3. The Hall–Kier alpha value is -2.24. The molecule has 2 aromatic rings. The van der Waals surface area contributed by atoms with Gasteiger partial charge in [0.25, 0.3) is 0 Å². The van der Waals surface area contributed by atoms with Crippen LogP contribution in [0, 0.1) is 11.3 Å². The maximum Gasteiger partial charge on any atom is 0.243 e. The van der Waals surface area contributed by atoms with E-state index in [4.69, 9.17) is 5.26 Å². The van der Waals surface area contributed by atoms with Gasteiger partial charge >= 0.3 is 0 Å². The molecule has 1 aliphatic rings. The number of piperidine rings is 1. The fourth-order valence-electron chi connectivity index (χ4n) is 2.88. The fourth-order valence-corrected chi connectivity index (χ4v) is 4.41. The van der Waals surface area contributed by atoms with Crippen molar-refractivity contribution in [2.75, 3.05) is 13.1 Å². The SMILES string of the molecule is Cn1cnnc1[C@H]1CCCN(S(=O)(=O)c2ccc(C#N)cc2)C1. The smallest absolute Gasteiger partial charge is 0.243 e. The molecule has 2 heterocycles. The van der Waals surface area contributed by atoms with E-state index >= 15 is 0 Å². The molecule has 0 radical (unpaired) electrons. The Balaban J connectivity index is 1.85. The molecule has 0 saturated carbocycles. The van der Waals surface area contributed by atoms with Crippen molar-refractivity contribution in [1.82, 2.24) is 19.1 Å². The van der Waals surface area contributed by atoms with Crippen molar-refractivity contribution in [3.05, 3.63) is 42.0 Å². The van der Waals surface area contributed by atoms with Crippen LogP contribution in [0.15, 0.2) is 35.5 Å². The van der Waals surface area contributed by atoms with Gasteiger partial charge in [0.15, 0.2) is 0 Å². The Bertz CT molecular complexity index is 835. The van der Waals surface area contributed by atoms with Gasteiger partial charge in [0.05, 0.1) is 16.5 Å². The Morgan fingerprint density at radius 2 is 2.04 bits per heavy atom. The summed E-state index contributed by atoms with van der Waals surface area (Å²) < 4.78 is 28.9. The minimum atomic E-state index is -3.56. The zero-order valence-electron chi connectivity index (χ0n) is 12.8. The van der Waals surface area contributed by atoms with Crippen LogP contribution >= 0.6 is 0 Å². The van der Waals surface area contributed by atoms with Crippen LogP contribution in [0.25, 0.3) is 0 Å². The summed E-state index contributed by atoms with van der Waals surface area (Å²) in [5.74, 6) is 0.856. The minimum Gasteiger partial charge on any atom is -0.320 e. The van der Waals surface area contributed by atoms with E-state index in [1.54, 1.807) is 6.33 Å². The molecule has 23 heavy (non-hydrogen) atoms. The number of nitrogens with zero attached hydrogens (tertiary/aromatic N) is 5. The van der Waals surface area contributed by atoms with Crippen molar-refractivity contribution in [3.8, 4) is 6.07 Å². The normalized spacial score (nSPS) is 19.4. The van der Waals surface area contributed by atoms with Crippen LogP contribution in [0.5, 0.6) is 0 Å². The van der Waals surface area contributed by atoms with Crippen molar-refractivity contribution in [1.29, 1.82) is 5.26 Å². The molecule has 1 atom stereocenters. The van der Waals surface area contributed by atoms with Crippen molar-refractivity contribution < 1.29 is 8.42 Å².